The molecule has 0 saturated carbocycles. The standard InChI is InChI=1S/C12H15N3O3.C12H17NO3/c1-12(2)17-7-9-5-8(3-4-11(9)18-12)10(16)6-14-15-13;1-12(2)15-7-9-5-8(10(14)6-13)3-4-11(9)16-12/h3-5,10,16H,6-7H2,1-2H3;3-5,10,14H,6-7,13H2,1-2H3. The molecule has 0 spiro atoms. The molecule has 4 N–H and O–H groups in total. The minimum Gasteiger partial charge on any atom is -0.463 e. The summed E-state index contributed by atoms with van der Waals surface area (Å²) in [7, 11) is 0. The van der Waals surface area contributed by atoms with E-state index < -0.39 is 23.8 Å². The summed E-state index contributed by atoms with van der Waals surface area (Å²) >= 11 is 0. The number of ether oxygens (including phenoxy) is 4. The van der Waals surface area contributed by atoms with Gasteiger partial charge in [0.15, 0.2) is 0 Å². The van der Waals surface area contributed by atoms with Crippen molar-refractivity contribution in [1.29, 1.82) is 0 Å². The van der Waals surface area contributed by atoms with Crippen LogP contribution in [0.2, 0.25) is 0 Å². The second-order valence-electron chi connectivity index (χ2n) is 9.00. The lowest BCUT2D eigenvalue weighted by Gasteiger charge is -2.32. The first-order valence-corrected chi connectivity index (χ1v) is 11.0. The highest BCUT2D eigenvalue weighted by molar-refractivity contribution is 5.40. The molecule has 2 atom stereocenters. The second kappa shape index (κ2) is 10.6. The van der Waals surface area contributed by atoms with E-state index in [0.29, 0.717) is 18.8 Å². The quantitative estimate of drug-likeness (QED) is 0.338. The molecule has 0 aliphatic carbocycles. The fourth-order valence-corrected chi connectivity index (χ4v) is 3.48. The second-order valence-corrected chi connectivity index (χ2v) is 9.00. The lowest BCUT2D eigenvalue weighted by molar-refractivity contribution is -0.180. The van der Waals surface area contributed by atoms with Crippen LogP contribution in [0.3, 0.4) is 0 Å². The minimum absolute atomic E-state index is 0.0164. The molecule has 10 nitrogen and oxygen atoms in total. The first kappa shape index (κ1) is 25.8. The van der Waals surface area contributed by atoms with E-state index in [2.05, 4.69) is 10.0 Å². The molecule has 0 radical (unpaired) electrons. The lowest BCUT2D eigenvalue weighted by Crippen LogP contribution is -2.35. The molecule has 2 aromatic rings. The third-order valence-corrected chi connectivity index (χ3v) is 5.34. The van der Waals surface area contributed by atoms with Crippen molar-refractivity contribution in [3.63, 3.8) is 0 Å². The van der Waals surface area contributed by atoms with Gasteiger partial charge >= 0.3 is 0 Å². The highest BCUT2D eigenvalue weighted by atomic mass is 16.7. The smallest absolute Gasteiger partial charge is 0.205 e. The number of nitrogens with zero attached hydrogens (tertiary/aromatic N) is 3. The average molecular weight is 473 g/mol. The zero-order chi connectivity index (χ0) is 24.9. The molecule has 0 amide bonds. The molecular formula is C24H32N4O6. The molecule has 34 heavy (non-hydrogen) atoms. The van der Waals surface area contributed by atoms with E-state index in [0.717, 1.165) is 28.2 Å². The number of azide groups is 1. The van der Waals surface area contributed by atoms with Crippen LogP contribution in [0.1, 0.15) is 62.2 Å². The Hall–Kier alpha value is -2.85. The summed E-state index contributed by atoms with van der Waals surface area (Å²) in [4.78, 5) is 2.62. The number of aliphatic hydroxyl groups is 2. The van der Waals surface area contributed by atoms with Crippen LogP contribution in [0.5, 0.6) is 11.5 Å². The molecule has 2 unspecified atom stereocenters. The minimum atomic E-state index is -0.805. The number of hydrogen-bond acceptors (Lipinski definition) is 8. The molecule has 184 valence electrons. The van der Waals surface area contributed by atoms with Crippen molar-refractivity contribution in [3.05, 3.63) is 69.1 Å². The van der Waals surface area contributed by atoms with Gasteiger partial charge in [-0.05, 0) is 40.9 Å². The van der Waals surface area contributed by atoms with Crippen LogP contribution in [-0.2, 0) is 22.7 Å². The van der Waals surface area contributed by atoms with Crippen molar-refractivity contribution in [2.45, 2.75) is 64.7 Å². The molecule has 4 rings (SSSR count). The van der Waals surface area contributed by atoms with Gasteiger partial charge < -0.3 is 34.9 Å². The lowest BCUT2D eigenvalue weighted by atomic mass is 10.0. The normalized spacial score (nSPS) is 18.9. The maximum atomic E-state index is 9.81. The Morgan fingerprint density at radius 2 is 1.38 bits per heavy atom. The van der Waals surface area contributed by atoms with Gasteiger partial charge in [-0.1, -0.05) is 17.2 Å². The zero-order valence-electron chi connectivity index (χ0n) is 19.9. The Morgan fingerprint density at radius 3 is 1.82 bits per heavy atom. The Kier molecular flexibility index (Phi) is 8.04. The van der Waals surface area contributed by atoms with E-state index in [4.69, 9.17) is 30.2 Å². The van der Waals surface area contributed by atoms with Gasteiger partial charge in [0, 0.05) is 50.3 Å². The Morgan fingerprint density at radius 1 is 0.912 bits per heavy atom. The topological polar surface area (TPSA) is 152 Å². The van der Waals surface area contributed by atoms with Gasteiger partial charge in [-0.25, -0.2) is 0 Å². The average Bonchev–Trinajstić information content (AvgIpc) is 2.80. The van der Waals surface area contributed by atoms with Crippen molar-refractivity contribution >= 4 is 0 Å². The summed E-state index contributed by atoms with van der Waals surface area (Å²) < 4.78 is 22.3. The predicted octanol–water partition coefficient (Wildman–Crippen LogP) is 4.00. The summed E-state index contributed by atoms with van der Waals surface area (Å²) in [5, 5.41) is 22.8. The fraction of sp³-hybridized carbons (Fsp3) is 0.500. The number of aliphatic hydroxyl groups excluding tert-OH is 2. The summed E-state index contributed by atoms with van der Waals surface area (Å²) in [6.45, 7) is 8.60. The van der Waals surface area contributed by atoms with E-state index in [1.165, 1.54) is 0 Å². The van der Waals surface area contributed by atoms with Crippen molar-refractivity contribution in [3.8, 4) is 11.5 Å². The number of benzene rings is 2. The summed E-state index contributed by atoms with van der Waals surface area (Å²) in [5.74, 6) is 0.356. The molecule has 2 aromatic carbocycles. The maximum Gasteiger partial charge on any atom is 0.205 e. The van der Waals surface area contributed by atoms with Gasteiger partial charge in [-0.2, -0.15) is 0 Å². The van der Waals surface area contributed by atoms with Gasteiger partial charge in [0.1, 0.15) is 11.5 Å². The van der Waals surface area contributed by atoms with E-state index in [1.807, 2.05) is 52.0 Å². The molecule has 0 saturated heterocycles. The van der Waals surface area contributed by atoms with Crippen LogP contribution in [0.25, 0.3) is 10.4 Å². The van der Waals surface area contributed by atoms with Crippen molar-refractivity contribution < 1.29 is 29.2 Å². The van der Waals surface area contributed by atoms with Crippen LogP contribution >= 0.6 is 0 Å². The fourth-order valence-electron chi connectivity index (χ4n) is 3.48. The monoisotopic (exact) mass is 472 g/mol. The zero-order valence-corrected chi connectivity index (χ0v) is 19.9. The van der Waals surface area contributed by atoms with E-state index in [1.54, 1.807) is 12.1 Å². The first-order valence-electron chi connectivity index (χ1n) is 11.0. The van der Waals surface area contributed by atoms with E-state index in [-0.39, 0.29) is 13.1 Å². The number of rotatable bonds is 5. The third-order valence-electron chi connectivity index (χ3n) is 5.34. The summed E-state index contributed by atoms with van der Waals surface area (Å²) in [5.41, 5.74) is 16.9. The molecule has 2 heterocycles. The summed E-state index contributed by atoms with van der Waals surface area (Å²) in [6.07, 6.45) is -1.43. The Balaban J connectivity index is 0.000000192. The molecule has 0 fully saturated rings. The van der Waals surface area contributed by atoms with Gasteiger partial charge in [-0.15, -0.1) is 0 Å². The van der Waals surface area contributed by atoms with Crippen molar-refractivity contribution in [2.24, 2.45) is 10.8 Å². The maximum absolute atomic E-state index is 9.81. The van der Waals surface area contributed by atoms with Gasteiger partial charge in [0.25, 0.3) is 0 Å². The van der Waals surface area contributed by atoms with Crippen LogP contribution in [-0.4, -0.2) is 34.9 Å². The molecule has 0 bridgehead atoms. The number of nitrogens with two attached hydrogens (primary N) is 1. The number of hydrogen-bond donors (Lipinski definition) is 3. The molecule has 2 aliphatic heterocycles. The van der Waals surface area contributed by atoms with Gasteiger partial charge in [0.05, 0.1) is 32.0 Å². The molecule has 10 heteroatoms. The predicted molar refractivity (Wildman–Crippen MR) is 125 cm³/mol. The SMILES string of the molecule is CC1(C)OCc2cc(C(O)CN)ccc2O1.CC1(C)OCc2cc(C(O)CN=[N+]=[N-])ccc2O1. The highest BCUT2D eigenvalue weighted by Gasteiger charge is 2.28. The molecule has 2 aliphatic rings. The number of fused-ring (bicyclic) bond motifs is 2. The largest absolute Gasteiger partial charge is 0.463 e. The van der Waals surface area contributed by atoms with E-state index >= 15 is 0 Å². The van der Waals surface area contributed by atoms with Crippen LogP contribution in [0.4, 0.5) is 0 Å². The van der Waals surface area contributed by atoms with Gasteiger partial charge in [-0.3, -0.25) is 0 Å². The summed E-state index contributed by atoms with van der Waals surface area (Å²) in [6, 6.07) is 10.9. The van der Waals surface area contributed by atoms with Gasteiger partial charge in [0.2, 0.25) is 11.6 Å². The van der Waals surface area contributed by atoms with Crippen molar-refractivity contribution in [2.75, 3.05) is 13.1 Å². The Bertz CT molecular complexity index is 1050. The van der Waals surface area contributed by atoms with Crippen molar-refractivity contribution in [1.82, 2.24) is 0 Å². The molecule has 0 aromatic heterocycles. The van der Waals surface area contributed by atoms with E-state index in [9.17, 15) is 10.2 Å². The van der Waals surface area contributed by atoms with Crippen LogP contribution in [0.15, 0.2) is 41.5 Å². The Labute approximate surface area is 198 Å². The first-order chi connectivity index (χ1) is 16.0. The molecular weight excluding hydrogens is 440 g/mol. The third kappa shape index (κ3) is 6.60. The van der Waals surface area contributed by atoms with Crippen LogP contribution < -0.4 is 15.2 Å². The van der Waals surface area contributed by atoms with Crippen LogP contribution in [0, 0.1) is 0 Å². The highest BCUT2D eigenvalue weighted by Crippen LogP contribution is 2.34.